The van der Waals surface area contributed by atoms with Crippen molar-refractivity contribution in [1.29, 1.82) is 0 Å². The zero-order chi connectivity index (χ0) is 16.9. The maximum absolute atomic E-state index is 13.5. The lowest BCUT2D eigenvalue weighted by atomic mass is 10.1. The fourth-order valence-electron chi connectivity index (χ4n) is 2.78. The molecular weight excluding hydrogens is 331 g/mol. The highest BCUT2D eigenvalue weighted by atomic mass is 35.5. The molecule has 3 rings (SSSR count). The number of hydrogen-bond acceptors (Lipinski definition) is 5. The molecule has 0 bridgehead atoms. The van der Waals surface area contributed by atoms with Gasteiger partial charge in [-0.2, -0.15) is 0 Å². The number of halogens is 2. The summed E-state index contributed by atoms with van der Waals surface area (Å²) in [5.74, 6) is 0.987. The molecule has 1 atom stereocenters. The van der Waals surface area contributed by atoms with Gasteiger partial charge >= 0.3 is 0 Å². The quantitative estimate of drug-likeness (QED) is 0.865. The second-order valence-corrected chi connectivity index (χ2v) is 6.29. The minimum absolute atomic E-state index is 0.0425. The van der Waals surface area contributed by atoms with Gasteiger partial charge in [0.05, 0.1) is 11.1 Å². The van der Waals surface area contributed by atoms with E-state index in [4.69, 9.17) is 11.6 Å². The highest BCUT2D eigenvalue weighted by Gasteiger charge is 2.14. The molecule has 1 aromatic carbocycles. The maximum Gasteiger partial charge on any atom is 0.142 e. The van der Waals surface area contributed by atoms with Gasteiger partial charge in [0.1, 0.15) is 23.8 Å². The summed E-state index contributed by atoms with van der Waals surface area (Å²) in [6, 6.07) is 6.17. The summed E-state index contributed by atoms with van der Waals surface area (Å²) in [7, 11) is 0. The Labute approximate surface area is 145 Å². The molecule has 1 aliphatic rings. The minimum Gasteiger partial charge on any atom is -0.387 e. The molecule has 0 saturated carbocycles. The van der Waals surface area contributed by atoms with E-state index in [1.165, 1.54) is 37.7 Å². The van der Waals surface area contributed by atoms with Gasteiger partial charge < -0.3 is 15.3 Å². The number of nitrogens with zero attached hydrogens (tertiary/aromatic N) is 3. The average molecular weight is 351 g/mol. The van der Waals surface area contributed by atoms with E-state index in [0.29, 0.717) is 11.4 Å². The van der Waals surface area contributed by atoms with Crippen molar-refractivity contribution in [2.75, 3.05) is 29.9 Å². The first-order valence-electron chi connectivity index (χ1n) is 8.07. The first-order valence-corrected chi connectivity index (χ1v) is 8.45. The molecule has 0 aliphatic carbocycles. The molecule has 2 heterocycles. The third kappa shape index (κ3) is 4.13. The number of rotatable bonds is 5. The third-order valence-electron chi connectivity index (χ3n) is 4.14. The Bertz CT molecular complexity index is 694. The van der Waals surface area contributed by atoms with Crippen molar-refractivity contribution in [3.63, 3.8) is 0 Å². The van der Waals surface area contributed by atoms with Gasteiger partial charge in [0.2, 0.25) is 0 Å². The number of anilines is 2. The Balaban J connectivity index is 1.62. The largest absolute Gasteiger partial charge is 0.387 e. The molecule has 1 saturated heterocycles. The van der Waals surface area contributed by atoms with Crippen LogP contribution in [0.3, 0.4) is 0 Å². The molecule has 0 radical (unpaired) electrons. The number of piperidine rings is 1. The van der Waals surface area contributed by atoms with E-state index < -0.39 is 11.9 Å². The van der Waals surface area contributed by atoms with Gasteiger partial charge in [-0.3, -0.25) is 0 Å². The number of aromatic nitrogens is 2. The molecule has 0 spiro atoms. The second-order valence-electron chi connectivity index (χ2n) is 5.88. The van der Waals surface area contributed by atoms with Crippen LogP contribution in [0.25, 0.3) is 0 Å². The molecular formula is C17H20ClFN4O. The second kappa shape index (κ2) is 7.77. The van der Waals surface area contributed by atoms with E-state index in [1.54, 1.807) is 6.07 Å². The molecule has 7 heteroatoms. The summed E-state index contributed by atoms with van der Waals surface area (Å²) in [4.78, 5) is 10.7. The lowest BCUT2D eigenvalue weighted by Crippen LogP contribution is -2.30. The predicted octanol–water partition coefficient (Wildman–Crippen LogP) is 3.40. The Hall–Kier alpha value is -1.92. The van der Waals surface area contributed by atoms with Crippen LogP contribution >= 0.6 is 11.6 Å². The van der Waals surface area contributed by atoms with Crippen LogP contribution in [0.5, 0.6) is 0 Å². The zero-order valence-corrected chi connectivity index (χ0v) is 14.0. The van der Waals surface area contributed by atoms with Gasteiger partial charge in [-0.1, -0.05) is 17.7 Å². The minimum atomic E-state index is -0.856. The predicted molar refractivity (Wildman–Crippen MR) is 93.0 cm³/mol. The number of benzene rings is 1. The Morgan fingerprint density at radius 1 is 1.21 bits per heavy atom. The van der Waals surface area contributed by atoms with Crippen LogP contribution in [0.15, 0.2) is 30.6 Å². The highest BCUT2D eigenvalue weighted by molar-refractivity contribution is 6.30. The van der Waals surface area contributed by atoms with Crippen molar-refractivity contribution in [2.45, 2.75) is 25.4 Å². The van der Waals surface area contributed by atoms with Crippen molar-refractivity contribution in [3.05, 3.63) is 47.0 Å². The average Bonchev–Trinajstić information content (AvgIpc) is 2.63. The van der Waals surface area contributed by atoms with Crippen LogP contribution in [0.1, 0.15) is 30.9 Å². The molecule has 24 heavy (non-hydrogen) atoms. The van der Waals surface area contributed by atoms with Crippen molar-refractivity contribution in [3.8, 4) is 0 Å². The Morgan fingerprint density at radius 2 is 2.00 bits per heavy atom. The summed E-state index contributed by atoms with van der Waals surface area (Å²) in [5, 5.41) is 13.3. The number of hydrogen-bond donors (Lipinski definition) is 2. The fraction of sp³-hybridized carbons (Fsp3) is 0.412. The number of aliphatic hydroxyl groups is 1. The molecule has 1 unspecified atom stereocenters. The van der Waals surface area contributed by atoms with Crippen molar-refractivity contribution in [2.24, 2.45) is 0 Å². The van der Waals surface area contributed by atoms with Crippen LogP contribution in [-0.2, 0) is 0 Å². The normalized spacial score (nSPS) is 16.0. The molecule has 5 nitrogen and oxygen atoms in total. The van der Waals surface area contributed by atoms with Gasteiger partial charge in [0.25, 0.3) is 0 Å². The van der Waals surface area contributed by atoms with Crippen LogP contribution in [0.2, 0.25) is 5.02 Å². The molecule has 128 valence electrons. The van der Waals surface area contributed by atoms with Gasteiger partial charge in [0, 0.05) is 25.7 Å². The summed E-state index contributed by atoms with van der Waals surface area (Å²) in [5.41, 5.74) is 0.467. The number of nitrogens with one attached hydrogen (secondary N) is 1. The molecule has 2 aromatic rings. The third-order valence-corrected chi connectivity index (χ3v) is 4.44. The Kier molecular flexibility index (Phi) is 5.48. The molecule has 1 aliphatic heterocycles. The van der Waals surface area contributed by atoms with E-state index in [1.807, 2.05) is 6.07 Å². The summed E-state index contributed by atoms with van der Waals surface area (Å²) < 4.78 is 13.5. The summed E-state index contributed by atoms with van der Waals surface area (Å²) >= 11 is 5.66. The van der Waals surface area contributed by atoms with E-state index in [2.05, 4.69) is 20.2 Å². The van der Waals surface area contributed by atoms with Crippen LogP contribution in [0, 0.1) is 5.82 Å². The standard InChI is InChI=1S/C17H20ClFN4O/c18-13-5-4-12(8-14(13)19)15(24)10-20-16-9-17(22-11-21-16)23-6-2-1-3-7-23/h4-5,8-9,11,15,24H,1-3,6-7,10H2,(H,20,21,22). The van der Waals surface area contributed by atoms with Crippen LogP contribution in [0.4, 0.5) is 16.0 Å². The van der Waals surface area contributed by atoms with Crippen molar-refractivity contribution in [1.82, 2.24) is 9.97 Å². The maximum atomic E-state index is 13.5. The van der Waals surface area contributed by atoms with E-state index in [9.17, 15) is 9.50 Å². The van der Waals surface area contributed by atoms with Gasteiger partial charge in [-0.05, 0) is 37.0 Å². The van der Waals surface area contributed by atoms with E-state index in [-0.39, 0.29) is 11.6 Å². The van der Waals surface area contributed by atoms with Gasteiger partial charge in [0.15, 0.2) is 0 Å². The van der Waals surface area contributed by atoms with Crippen molar-refractivity contribution >= 4 is 23.2 Å². The first kappa shape index (κ1) is 16.9. The summed E-state index contributed by atoms with van der Waals surface area (Å²) in [6.45, 7) is 2.23. The van der Waals surface area contributed by atoms with Gasteiger partial charge in [-0.15, -0.1) is 0 Å². The lowest BCUT2D eigenvalue weighted by molar-refractivity contribution is 0.191. The SMILES string of the molecule is OC(CNc1cc(N2CCCCC2)ncn1)c1ccc(Cl)c(F)c1. The topological polar surface area (TPSA) is 61.3 Å². The van der Waals surface area contributed by atoms with Crippen LogP contribution < -0.4 is 10.2 Å². The smallest absolute Gasteiger partial charge is 0.142 e. The molecule has 2 N–H and O–H groups in total. The zero-order valence-electron chi connectivity index (χ0n) is 13.3. The highest BCUT2D eigenvalue weighted by Crippen LogP contribution is 2.22. The van der Waals surface area contributed by atoms with E-state index >= 15 is 0 Å². The van der Waals surface area contributed by atoms with Crippen LogP contribution in [-0.4, -0.2) is 34.7 Å². The Morgan fingerprint density at radius 3 is 2.75 bits per heavy atom. The molecule has 1 aromatic heterocycles. The van der Waals surface area contributed by atoms with Crippen molar-refractivity contribution < 1.29 is 9.50 Å². The lowest BCUT2D eigenvalue weighted by Gasteiger charge is -2.27. The van der Waals surface area contributed by atoms with Gasteiger partial charge in [-0.25, -0.2) is 14.4 Å². The first-order chi connectivity index (χ1) is 11.6. The monoisotopic (exact) mass is 350 g/mol. The van der Waals surface area contributed by atoms with E-state index in [0.717, 1.165) is 18.9 Å². The molecule has 0 amide bonds. The number of aliphatic hydroxyl groups excluding tert-OH is 1. The molecule has 1 fully saturated rings. The fourth-order valence-corrected chi connectivity index (χ4v) is 2.90. The summed E-state index contributed by atoms with van der Waals surface area (Å²) in [6.07, 6.45) is 4.27.